The van der Waals surface area contributed by atoms with E-state index in [9.17, 15) is 0 Å². The van der Waals surface area contributed by atoms with E-state index in [1.54, 1.807) is 0 Å². The van der Waals surface area contributed by atoms with Gasteiger partial charge in [0.15, 0.2) is 0 Å². The number of likely N-dealkylation sites (N-methyl/N-ethyl adjacent to an activating group) is 1. The number of aromatic nitrogens is 2. The van der Waals surface area contributed by atoms with Crippen molar-refractivity contribution in [2.45, 2.75) is 25.3 Å². The van der Waals surface area contributed by atoms with Crippen LogP contribution in [0, 0.1) is 6.92 Å². The van der Waals surface area contributed by atoms with Gasteiger partial charge in [0.05, 0.1) is 16.7 Å². The Bertz CT molecular complexity index is 650. The van der Waals surface area contributed by atoms with Crippen molar-refractivity contribution in [2.24, 2.45) is 0 Å². The molecule has 5 heteroatoms. The van der Waals surface area contributed by atoms with Crippen molar-refractivity contribution in [3.8, 4) is 0 Å². The Morgan fingerprint density at radius 3 is 2.41 bits per heavy atom. The van der Waals surface area contributed by atoms with E-state index < -0.39 is 0 Å². The number of para-hydroxylation sites is 2. The Kier molecular flexibility index (Phi) is 4.27. The summed E-state index contributed by atoms with van der Waals surface area (Å²) in [4.78, 5) is 11.7. The number of benzene rings is 1. The van der Waals surface area contributed by atoms with Crippen LogP contribution in [0.25, 0.3) is 11.0 Å². The van der Waals surface area contributed by atoms with Crippen LogP contribution in [0.15, 0.2) is 24.3 Å². The third-order valence-electron chi connectivity index (χ3n) is 4.70. The molecule has 2 aromatic rings. The highest BCUT2D eigenvalue weighted by Crippen LogP contribution is 2.27. The number of nitrogens with zero attached hydrogens (tertiary/aromatic N) is 3. The lowest BCUT2D eigenvalue weighted by atomic mass is 9.88. The molecule has 1 aromatic heterocycles. The smallest absolute Gasteiger partial charge is 0.148 e. The van der Waals surface area contributed by atoms with Gasteiger partial charge in [0.1, 0.15) is 5.82 Å². The molecule has 0 unspecified atom stereocenters. The van der Waals surface area contributed by atoms with Gasteiger partial charge < -0.3 is 15.0 Å². The summed E-state index contributed by atoms with van der Waals surface area (Å²) in [5.74, 6) is 0.881. The minimum atomic E-state index is 0.123. The van der Waals surface area contributed by atoms with Crippen LogP contribution in [0.5, 0.6) is 0 Å². The molecule has 1 saturated heterocycles. The molecule has 0 amide bonds. The van der Waals surface area contributed by atoms with Crippen molar-refractivity contribution >= 4 is 16.9 Å². The van der Waals surface area contributed by atoms with Gasteiger partial charge in [0.25, 0.3) is 0 Å². The number of rotatable bonds is 4. The van der Waals surface area contributed by atoms with Gasteiger partial charge in [-0.15, -0.1) is 0 Å². The number of fused-ring (bicyclic) bond motifs is 1. The van der Waals surface area contributed by atoms with Gasteiger partial charge in [-0.2, -0.15) is 0 Å². The number of hydrogen-bond acceptors (Lipinski definition) is 5. The fourth-order valence-corrected chi connectivity index (χ4v) is 3.04. The number of nitrogens with one attached hydrogen (secondary N) is 1. The second-order valence-electron chi connectivity index (χ2n) is 6.23. The minimum absolute atomic E-state index is 0.123. The number of aryl methyl sites for hydroxylation is 1. The summed E-state index contributed by atoms with van der Waals surface area (Å²) in [6, 6.07) is 7.99. The quantitative estimate of drug-likeness (QED) is 0.940. The van der Waals surface area contributed by atoms with E-state index in [2.05, 4.69) is 29.3 Å². The summed E-state index contributed by atoms with van der Waals surface area (Å²) in [5, 5.41) is 3.53. The van der Waals surface area contributed by atoms with Crippen molar-refractivity contribution in [1.29, 1.82) is 0 Å². The van der Waals surface area contributed by atoms with Crippen LogP contribution in [-0.2, 0) is 4.74 Å². The molecule has 0 atom stereocenters. The highest BCUT2D eigenvalue weighted by atomic mass is 16.5. The van der Waals surface area contributed by atoms with Gasteiger partial charge in [0.2, 0.25) is 0 Å². The van der Waals surface area contributed by atoms with E-state index >= 15 is 0 Å². The van der Waals surface area contributed by atoms with Gasteiger partial charge in [-0.05, 0) is 46.0 Å². The number of hydrogen-bond donors (Lipinski definition) is 1. The monoisotopic (exact) mass is 300 g/mol. The van der Waals surface area contributed by atoms with Gasteiger partial charge >= 0.3 is 0 Å². The van der Waals surface area contributed by atoms with Crippen molar-refractivity contribution in [3.05, 3.63) is 30.0 Å². The van der Waals surface area contributed by atoms with E-state index in [0.717, 1.165) is 55.1 Å². The molecule has 1 aromatic carbocycles. The third kappa shape index (κ3) is 2.91. The predicted molar refractivity (Wildman–Crippen MR) is 89.2 cm³/mol. The highest BCUT2D eigenvalue weighted by Gasteiger charge is 2.34. The summed E-state index contributed by atoms with van der Waals surface area (Å²) in [5.41, 5.74) is 2.94. The molecule has 1 N–H and O–H groups in total. The first-order chi connectivity index (χ1) is 10.6. The SMILES string of the molecule is Cc1nc2ccccc2nc1NCC1(N(C)C)CCOCC1. The Hall–Kier alpha value is -1.72. The topological polar surface area (TPSA) is 50.3 Å². The number of anilines is 1. The van der Waals surface area contributed by atoms with Gasteiger partial charge in [0, 0.05) is 25.3 Å². The Balaban J connectivity index is 1.81. The summed E-state index contributed by atoms with van der Waals surface area (Å²) >= 11 is 0. The largest absolute Gasteiger partial charge is 0.381 e. The lowest BCUT2D eigenvalue weighted by molar-refractivity contribution is -0.000668. The molecular weight excluding hydrogens is 276 g/mol. The summed E-state index contributed by atoms with van der Waals surface area (Å²) in [6.07, 6.45) is 2.07. The van der Waals surface area contributed by atoms with Gasteiger partial charge in [-0.25, -0.2) is 9.97 Å². The van der Waals surface area contributed by atoms with Crippen molar-refractivity contribution in [3.63, 3.8) is 0 Å². The van der Waals surface area contributed by atoms with E-state index in [0.29, 0.717) is 0 Å². The Morgan fingerprint density at radius 1 is 1.14 bits per heavy atom. The predicted octanol–water partition coefficient (Wildman–Crippen LogP) is 2.46. The second kappa shape index (κ2) is 6.18. The van der Waals surface area contributed by atoms with Crippen molar-refractivity contribution in [2.75, 3.05) is 39.2 Å². The van der Waals surface area contributed by atoms with Crippen LogP contribution in [0.1, 0.15) is 18.5 Å². The molecule has 0 radical (unpaired) electrons. The third-order valence-corrected chi connectivity index (χ3v) is 4.70. The average molecular weight is 300 g/mol. The molecule has 0 aliphatic carbocycles. The molecule has 22 heavy (non-hydrogen) atoms. The summed E-state index contributed by atoms with van der Waals surface area (Å²) < 4.78 is 5.53. The first kappa shape index (κ1) is 15.2. The van der Waals surface area contributed by atoms with Crippen molar-refractivity contribution < 1.29 is 4.74 Å². The van der Waals surface area contributed by atoms with E-state index in [-0.39, 0.29) is 5.54 Å². The van der Waals surface area contributed by atoms with Crippen LogP contribution in [0.2, 0.25) is 0 Å². The zero-order chi connectivity index (χ0) is 15.6. The first-order valence-electron chi connectivity index (χ1n) is 7.83. The Morgan fingerprint density at radius 2 is 1.77 bits per heavy atom. The maximum Gasteiger partial charge on any atom is 0.148 e. The van der Waals surface area contributed by atoms with E-state index in [4.69, 9.17) is 9.72 Å². The Labute approximate surface area is 131 Å². The summed E-state index contributed by atoms with van der Waals surface area (Å²) in [7, 11) is 4.29. The normalized spacial score (nSPS) is 17.8. The van der Waals surface area contributed by atoms with Crippen LogP contribution in [0.4, 0.5) is 5.82 Å². The average Bonchev–Trinajstić information content (AvgIpc) is 2.53. The molecule has 5 nitrogen and oxygen atoms in total. The fourth-order valence-electron chi connectivity index (χ4n) is 3.04. The van der Waals surface area contributed by atoms with Crippen molar-refractivity contribution in [1.82, 2.24) is 14.9 Å². The molecule has 3 rings (SSSR count). The van der Waals surface area contributed by atoms with Crippen LogP contribution in [0.3, 0.4) is 0 Å². The zero-order valence-corrected chi connectivity index (χ0v) is 13.6. The molecule has 0 saturated carbocycles. The summed E-state index contributed by atoms with van der Waals surface area (Å²) in [6.45, 7) is 4.51. The van der Waals surface area contributed by atoms with E-state index in [1.165, 1.54) is 0 Å². The minimum Gasteiger partial charge on any atom is -0.381 e. The highest BCUT2D eigenvalue weighted by molar-refractivity contribution is 5.76. The molecule has 1 fully saturated rings. The standard InChI is InChI=1S/C17H24N4O/c1-13-16(20-15-7-5-4-6-14(15)19-13)18-12-17(21(2)3)8-10-22-11-9-17/h4-7H,8-12H2,1-3H3,(H,18,20). The van der Waals surface area contributed by atoms with Crippen LogP contribution >= 0.6 is 0 Å². The van der Waals surface area contributed by atoms with Crippen LogP contribution < -0.4 is 5.32 Å². The maximum atomic E-state index is 5.53. The number of ether oxygens (including phenoxy) is 1. The molecule has 118 valence electrons. The fraction of sp³-hybridized carbons (Fsp3) is 0.529. The molecule has 1 aliphatic heterocycles. The molecule has 0 spiro atoms. The van der Waals surface area contributed by atoms with Gasteiger partial charge in [-0.3, -0.25) is 0 Å². The van der Waals surface area contributed by atoms with Gasteiger partial charge in [-0.1, -0.05) is 12.1 Å². The maximum absolute atomic E-state index is 5.53. The van der Waals surface area contributed by atoms with E-state index in [1.807, 2.05) is 31.2 Å². The first-order valence-corrected chi connectivity index (χ1v) is 7.83. The second-order valence-corrected chi connectivity index (χ2v) is 6.23. The molecule has 2 heterocycles. The van der Waals surface area contributed by atoms with Crippen LogP contribution in [-0.4, -0.2) is 54.3 Å². The molecular formula is C17H24N4O. The lowest BCUT2D eigenvalue weighted by Gasteiger charge is -2.43. The molecule has 0 bridgehead atoms. The lowest BCUT2D eigenvalue weighted by Crippen LogP contribution is -2.53. The zero-order valence-electron chi connectivity index (χ0n) is 13.6. The molecule has 1 aliphatic rings.